The summed E-state index contributed by atoms with van der Waals surface area (Å²) in [4.78, 5) is 14.3. The van der Waals surface area contributed by atoms with E-state index in [1.54, 1.807) is 13.2 Å². The summed E-state index contributed by atoms with van der Waals surface area (Å²) in [6, 6.07) is 9.35. The SMILES string of the molecule is COc1cccc(-c2cc(C(=O)N3CCC(CO)CC3)[nH]n2)c1. The number of methoxy groups -OCH3 is 1. The molecule has 122 valence electrons. The Morgan fingerprint density at radius 2 is 2.17 bits per heavy atom. The van der Waals surface area contributed by atoms with Crippen LogP contribution in [0.1, 0.15) is 23.3 Å². The summed E-state index contributed by atoms with van der Waals surface area (Å²) in [6.45, 7) is 1.56. The number of benzene rings is 1. The number of carbonyl (C=O) groups excluding carboxylic acids is 1. The van der Waals surface area contributed by atoms with Gasteiger partial charge in [0.05, 0.1) is 12.8 Å². The number of rotatable bonds is 4. The second kappa shape index (κ2) is 6.83. The van der Waals surface area contributed by atoms with Crippen LogP contribution in [-0.2, 0) is 0 Å². The summed E-state index contributed by atoms with van der Waals surface area (Å²) in [5.41, 5.74) is 2.11. The van der Waals surface area contributed by atoms with Crippen LogP contribution in [0.5, 0.6) is 5.75 Å². The van der Waals surface area contributed by atoms with E-state index in [-0.39, 0.29) is 12.5 Å². The lowest BCUT2D eigenvalue weighted by atomic mass is 9.98. The molecule has 1 aliphatic heterocycles. The zero-order chi connectivity index (χ0) is 16.2. The molecule has 0 spiro atoms. The van der Waals surface area contributed by atoms with Crippen molar-refractivity contribution >= 4 is 5.91 Å². The number of nitrogens with zero attached hydrogens (tertiary/aromatic N) is 2. The Bertz CT molecular complexity index is 675. The standard InChI is InChI=1S/C17H21N3O3/c1-23-14-4-2-3-13(9-14)15-10-16(19-18-15)17(22)20-7-5-12(11-21)6-8-20/h2-4,9-10,12,21H,5-8,11H2,1H3,(H,18,19). The number of hydrogen-bond acceptors (Lipinski definition) is 4. The number of ether oxygens (including phenoxy) is 1. The Hall–Kier alpha value is -2.34. The molecule has 1 aliphatic rings. The topological polar surface area (TPSA) is 78.5 Å². The van der Waals surface area contributed by atoms with E-state index >= 15 is 0 Å². The van der Waals surface area contributed by atoms with Crippen LogP contribution in [0.25, 0.3) is 11.3 Å². The molecule has 2 N–H and O–H groups in total. The number of aromatic nitrogens is 2. The van der Waals surface area contributed by atoms with Crippen molar-refractivity contribution in [3.63, 3.8) is 0 Å². The van der Waals surface area contributed by atoms with Crippen LogP contribution in [0.4, 0.5) is 0 Å². The van der Waals surface area contributed by atoms with Crippen molar-refractivity contribution < 1.29 is 14.6 Å². The fourth-order valence-electron chi connectivity index (χ4n) is 2.85. The maximum absolute atomic E-state index is 12.5. The van der Waals surface area contributed by atoms with Gasteiger partial charge in [0.1, 0.15) is 11.4 Å². The molecule has 1 aromatic carbocycles. The molecule has 6 nitrogen and oxygen atoms in total. The van der Waals surface area contributed by atoms with E-state index in [2.05, 4.69) is 10.2 Å². The molecule has 0 radical (unpaired) electrons. The molecule has 0 aliphatic carbocycles. The number of nitrogens with one attached hydrogen (secondary N) is 1. The predicted molar refractivity (Wildman–Crippen MR) is 86.3 cm³/mol. The highest BCUT2D eigenvalue weighted by molar-refractivity contribution is 5.93. The minimum absolute atomic E-state index is 0.0389. The number of aromatic amines is 1. The van der Waals surface area contributed by atoms with Crippen LogP contribution in [0.15, 0.2) is 30.3 Å². The number of H-pyrrole nitrogens is 1. The average molecular weight is 315 g/mol. The molecule has 6 heteroatoms. The number of aliphatic hydroxyl groups is 1. The molecule has 2 heterocycles. The Kier molecular flexibility index (Phi) is 4.62. The third-order valence-corrected chi connectivity index (χ3v) is 4.33. The van der Waals surface area contributed by atoms with Crippen molar-refractivity contribution in [3.8, 4) is 17.0 Å². The first-order chi connectivity index (χ1) is 11.2. The maximum atomic E-state index is 12.5. The van der Waals surface area contributed by atoms with Gasteiger partial charge in [-0.2, -0.15) is 5.10 Å². The monoisotopic (exact) mass is 315 g/mol. The van der Waals surface area contributed by atoms with Gasteiger partial charge < -0.3 is 14.7 Å². The van der Waals surface area contributed by atoms with Gasteiger partial charge in [-0.05, 0) is 37.0 Å². The summed E-state index contributed by atoms with van der Waals surface area (Å²) in [5, 5.41) is 16.2. The average Bonchev–Trinajstić information content (AvgIpc) is 3.11. The number of aliphatic hydroxyl groups excluding tert-OH is 1. The van der Waals surface area contributed by atoms with Crippen LogP contribution < -0.4 is 4.74 Å². The van der Waals surface area contributed by atoms with Gasteiger partial charge in [0.2, 0.25) is 0 Å². The molecule has 1 amide bonds. The fourth-order valence-corrected chi connectivity index (χ4v) is 2.85. The lowest BCUT2D eigenvalue weighted by Gasteiger charge is -2.30. The van der Waals surface area contributed by atoms with Gasteiger partial charge in [-0.3, -0.25) is 9.89 Å². The fraction of sp³-hybridized carbons (Fsp3) is 0.412. The Morgan fingerprint density at radius 1 is 1.39 bits per heavy atom. The Labute approximate surface area is 135 Å². The van der Waals surface area contributed by atoms with Crippen molar-refractivity contribution in [2.24, 2.45) is 5.92 Å². The molecule has 0 bridgehead atoms. The first-order valence-electron chi connectivity index (χ1n) is 7.81. The van der Waals surface area contributed by atoms with Crippen molar-refractivity contribution in [3.05, 3.63) is 36.0 Å². The molecule has 1 aromatic heterocycles. The van der Waals surface area contributed by atoms with Gasteiger partial charge in [-0.1, -0.05) is 12.1 Å². The second-order valence-corrected chi connectivity index (χ2v) is 5.82. The van der Waals surface area contributed by atoms with Crippen LogP contribution >= 0.6 is 0 Å². The van der Waals surface area contributed by atoms with Crippen LogP contribution in [0, 0.1) is 5.92 Å². The van der Waals surface area contributed by atoms with Gasteiger partial charge >= 0.3 is 0 Å². The highest BCUT2D eigenvalue weighted by Crippen LogP contribution is 2.24. The van der Waals surface area contributed by atoms with E-state index in [4.69, 9.17) is 4.74 Å². The molecule has 0 saturated carbocycles. The molecule has 1 saturated heterocycles. The van der Waals surface area contributed by atoms with Crippen molar-refractivity contribution in [2.45, 2.75) is 12.8 Å². The summed E-state index contributed by atoms with van der Waals surface area (Å²) >= 11 is 0. The molecule has 2 aromatic rings. The normalized spacial score (nSPS) is 15.7. The van der Waals surface area contributed by atoms with E-state index in [1.165, 1.54) is 0 Å². The molecular formula is C17H21N3O3. The number of carbonyl (C=O) groups is 1. The first kappa shape index (κ1) is 15.6. The lowest BCUT2D eigenvalue weighted by Crippen LogP contribution is -2.39. The molecular weight excluding hydrogens is 294 g/mol. The number of likely N-dealkylation sites (tertiary alicyclic amines) is 1. The van der Waals surface area contributed by atoms with Crippen molar-refractivity contribution in [1.29, 1.82) is 0 Å². The van der Waals surface area contributed by atoms with Crippen LogP contribution in [0.3, 0.4) is 0 Å². The second-order valence-electron chi connectivity index (χ2n) is 5.82. The zero-order valence-electron chi connectivity index (χ0n) is 13.2. The largest absolute Gasteiger partial charge is 0.497 e. The Morgan fingerprint density at radius 3 is 2.87 bits per heavy atom. The third-order valence-electron chi connectivity index (χ3n) is 4.33. The summed E-state index contributed by atoms with van der Waals surface area (Å²) in [6.07, 6.45) is 1.69. The van der Waals surface area contributed by atoms with E-state index < -0.39 is 0 Å². The van der Waals surface area contributed by atoms with E-state index in [9.17, 15) is 9.90 Å². The predicted octanol–water partition coefficient (Wildman–Crippen LogP) is 1.93. The van der Waals surface area contributed by atoms with Crippen LogP contribution in [-0.4, -0.2) is 52.9 Å². The maximum Gasteiger partial charge on any atom is 0.271 e. The number of piperidine rings is 1. The zero-order valence-corrected chi connectivity index (χ0v) is 13.2. The lowest BCUT2D eigenvalue weighted by molar-refractivity contribution is 0.0645. The number of amides is 1. The van der Waals surface area contributed by atoms with Gasteiger partial charge in [0.25, 0.3) is 5.91 Å². The third kappa shape index (κ3) is 3.37. The van der Waals surface area contributed by atoms with Gasteiger partial charge in [0, 0.05) is 25.3 Å². The molecule has 0 unspecified atom stereocenters. The summed E-state index contributed by atoms with van der Waals surface area (Å²) in [7, 11) is 1.62. The quantitative estimate of drug-likeness (QED) is 0.903. The summed E-state index contributed by atoms with van der Waals surface area (Å²) in [5.74, 6) is 1.03. The Balaban J connectivity index is 1.72. The molecule has 23 heavy (non-hydrogen) atoms. The minimum atomic E-state index is -0.0389. The smallest absolute Gasteiger partial charge is 0.271 e. The molecule has 1 fully saturated rings. The van der Waals surface area contributed by atoms with E-state index in [1.807, 2.05) is 29.2 Å². The van der Waals surface area contributed by atoms with Crippen molar-refractivity contribution in [1.82, 2.24) is 15.1 Å². The van der Waals surface area contributed by atoms with Crippen molar-refractivity contribution in [2.75, 3.05) is 26.8 Å². The van der Waals surface area contributed by atoms with Crippen LogP contribution in [0.2, 0.25) is 0 Å². The van der Waals surface area contributed by atoms with Gasteiger partial charge in [0.15, 0.2) is 0 Å². The highest BCUT2D eigenvalue weighted by atomic mass is 16.5. The van der Waals surface area contributed by atoms with E-state index in [0.717, 1.165) is 29.8 Å². The summed E-state index contributed by atoms with van der Waals surface area (Å²) < 4.78 is 5.21. The molecule has 0 atom stereocenters. The first-order valence-corrected chi connectivity index (χ1v) is 7.81. The molecule has 3 rings (SSSR count). The van der Waals surface area contributed by atoms with Gasteiger partial charge in [-0.15, -0.1) is 0 Å². The number of hydrogen-bond donors (Lipinski definition) is 2. The van der Waals surface area contributed by atoms with E-state index in [0.29, 0.717) is 24.7 Å². The highest BCUT2D eigenvalue weighted by Gasteiger charge is 2.24. The minimum Gasteiger partial charge on any atom is -0.497 e. The van der Waals surface area contributed by atoms with Gasteiger partial charge in [-0.25, -0.2) is 0 Å².